The summed E-state index contributed by atoms with van der Waals surface area (Å²) in [6.07, 6.45) is 1.70. The Morgan fingerprint density at radius 1 is 1.00 bits per heavy atom. The summed E-state index contributed by atoms with van der Waals surface area (Å²) in [7, 11) is 0. The van der Waals surface area contributed by atoms with E-state index in [4.69, 9.17) is 17.3 Å². The van der Waals surface area contributed by atoms with E-state index < -0.39 is 0 Å². The highest BCUT2D eigenvalue weighted by Crippen LogP contribution is 2.29. The Bertz CT molecular complexity index is 1120. The van der Waals surface area contributed by atoms with Crippen LogP contribution >= 0.6 is 11.6 Å². The molecule has 0 aliphatic carbocycles. The molecule has 4 rings (SSSR count). The Morgan fingerprint density at radius 3 is 2.50 bits per heavy atom. The van der Waals surface area contributed by atoms with Gasteiger partial charge >= 0.3 is 0 Å². The number of rotatable bonds is 4. The molecule has 0 bridgehead atoms. The number of nitrogen functional groups attached to an aromatic ring is 1. The Balaban J connectivity index is 1.57. The molecule has 2 aromatic heterocycles. The number of nitrogens with one attached hydrogen (secondary N) is 2. The van der Waals surface area contributed by atoms with E-state index >= 15 is 0 Å². The molecule has 0 atom stereocenters. The summed E-state index contributed by atoms with van der Waals surface area (Å²) in [5.74, 6) is 0.430. The van der Waals surface area contributed by atoms with Crippen molar-refractivity contribution in [3.8, 4) is 22.4 Å². The summed E-state index contributed by atoms with van der Waals surface area (Å²) < 4.78 is 0. The molecule has 1 amide bonds. The second-order valence-corrected chi connectivity index (χ2v) is 6.58. The van der Waals surface area contributed by atoms with Gasteiger partial charge in [0.2, 0.25) is 0 Å². The maximum Gasteiger partial charge on any atom is 0.256 e. The molecular formula is C21H16ClN5O. The number of nitrogens with two attached hydrogens (primary N) is 1. The van der Waals surface area contributed by atoms with Gasteiger partial charge in [0.15, 0.2) is 0 Å². The van der Waals surface area contributed by atoms with Gasteiger partial charge in [0, 0.05) is 27.9 Å². The van der Waals surface area contributed by atoms with Gasteiger partial charge in [-0.05, 0) is 54.1 Å². The normalized spacial score (nSPS) is 10.6. The van der Waals surface area contributed by atoms with Gasteiger partial charge in [-0.1, -0.05) is 29.8 Å². The number of nitrogens with zero attached hydrogens (tertiary/aromatic N) is 2. The van der Waals surface area contributed by atoms with Crippen molar-refractivity contribution in [2.24, 2.45) is 0 Å². The number of carbonyl (C=O) groups is 1. The molecule has 2 heterocycles. The Morgan fingerprint density at radius 2 is 1.79 bits per heavy atom. The van der Waals surface area contributed by atoms with Crippen LogP contribution in [0.25, 0.3) is 22.4 Å². The number of halogens is 1. The molecule has 138 valence electrons. The number of H-pyrrole nitrogens is 1. The fraction of sp³-hybridized carbons (Fsp3) is 0. The molecule has 0 unspecified atom stereocenters. The van der Waals surface area contributed by atoms with Gasteiger partial charge in [-0.15, -0.1) is 0 Å². The van der Waals surface area contributed by atoms with Gasteiger partial charge in [-0.2, -0.15) is 5.10 Å². The smallest absolute Gasteiger partial charge is 0.256 e. The lowest BCUT2D eigenvalue weighted by Gasteiger charge is -2.10. The summed E-state index contributed by atoms with van der Waals surface area (Å²) in [4.78, 5) is 16.6. The first kappa shape index (κ1) is 17.8. The third-order valence-corrected chi connectivity index (χ3v) is 4.51. The van der Waals surface area contributed by atoms with Gasteiger partial charge in [0.05, 0.1) is 5.69 Å². The van der Waals surface area contributed by atoms with Crippen molar-refractivity contribution in [3.05, 3.63) is 83.5 Å². The van der Waals surface area contributed by atoms with Gasteiger partial charge < -0.3 is 11.1 Å². The van der Waals surface area contributed by atoms with Crippen LogP contribution in [0.3, 0.4) is 0 Å². The number of hydrogen-bond acceptors (Lipinski definition) is 4. The zero-order valence-electron chi connectivity index (χ0n) is 14.7. The zero-order chi connectivity index (χ0) is 19.5. The molecule has 0 saturated heterocycles. The molecule has 4 N–H and O–H groups in total. The highest BCUT2D eigenvalue weighted by molar-refractivity contribution is 6.30. The molecule has 4 aromatic rings. The lowest BCUT2D eigenvalue weighted by atomic mass is 10.0. The fourth-order valence-corrected chi connectivity index (χ4v) is 2.98. The Labute approximate surface area is 166 Å². The topological polar surface area (TPSA) is 96.7 Å². The van der Waals surface area contributed by atoms with Crippen LogP contribution in [-0.4, -0.2) is 21.1 Å². The summed E-state index contributed by atoms with van der Waals surface area (Å²) in [6, 6.07) is 20.0. The van der Waals surface area contributed by atoms with Crippen molar-refractivity contribution in [1.29, 1.82) is 0 Å². The minimum Gasteiger partial charge on any atom is -0.383 e. The SMILES string of the molecule is Nc1nc(NC(=O)c2ccc(Cl)cc2)ccc1-c1cccc(-c2ccn[nH]2)c1. The number of benzene rings is 2. The predicted molar refractivity (Wildman–Crippen MR) is 111 cm³/mol. The number of aromatic amines is 1. The number of aromatic nitrogens is 3. The average molecular weight is 390 g/mol. The third kappa shape index (κ3) is 3.72. The van der Waals surface area contributed by atoms with Crippen LogP contribution in [0, 0.1) is 0 Å². The van der Waals surface area contributed by atoms with E-state index in [0.717, 1.165) is 22.4 Å². The molecule has 0 fully saturated rings. The highest BCUT2D eigenvalue weighted by Gasteiger charge is 2.10. The predicted octanol–water partition coefficient (Wildman–Crippen LogP) is 4.63. The minimum absolute atomic E-state index is 0.280. The van der Waals surface area contributed by atoms with Gasteiger partial charge in [0.25, 0.3) is 5.91 Å². The maximum atomic E-state index is 12.3. The Hall–Kier alpha value is -3.64. The number of amides is 1. The van der Waals surface area contributed by atoms with E-state index in [0.29, 0.717) is 22.2 Å². The van der Waals surface area contributed by atoms with E-state index in [1.54, 1.807) is 36.5 Å². The van der Waals surface area contributed by atoms with Crippen LogP contribution in [-0.2, 0) is 0 Å². The summed E-state index contributed by atoms with van der Waals surface area (Å²) in [5.41, 5.74) is 10.3. The van der Waals surface area contributed by atoms with Gasteiger partial charge in [-0.3, -0.25) is 9.89 Å². The van der Waals surface area contributed by atoms with Gasteiger partial charge in [0.1, 0.15) is 11.6 Å². The fourth-order valence-electron chi connectivity index (χ4n) is 2.85. The molecule has 0 radical (unpaired) electrons. The summed E-state index contributed by atoms with van der Waals surface area (Å²) in [5, 5.41) is 10.2. The molecule has 2 aromatic carbocycles. The maximum absolute atomic E-state index is 12.3. The van der Waals surface area contributed by atoms with Crippen molar-refractivity contribution < 1.29 is 4.79 Å². The second kappa shape index (κ2) is 7.54. The molecule has 7 heteroatoms. The quantitative estimate of drug-likeness (QED) is 0.474. The van der Waals surface area contributed by atoms with E-state index in [1.807, 2.05) is 36.4 Å². The number of anilines is 2. The van der Waals surface area contributed by atoms with Crippen molar-refractivity contribution in [2.45, 2.75) is 0 Å². The van der Waals surface area contributed by atoms with Crippen LogP contribution in [0.1, 0.15) is 10.4 Å². The van der Waals surface area contributed by atoms with Crippen molar-refractivity contribution in [2.75, 3.05) is 11.1 Å². The van der Waals surface area contributed by atoms with Crippen molar-refractivity contribution >= 4 is 29.1 Å². The first-order chi connectivity index (χ1) is 13.6. The molecule has 0 spiro atoms. The molecule has 28 heavy (non-hydrogen) atoms. The Kier molecular flexibility index (Phi) is 4.78. The minimum atomic E-state index is -0.280. The number of carbonyl (C=O) groups excluding carboxylic acids is 1. The molecule has 0 saturated carbocycles. The average Bonchev–Trinajstić information content (AvgIpc) is 3.23. The van der Waals surface area contributed by atoms with E-state index in [1.165, 1.54) is 0 Å². The van der Waals surface area contributed by atoms with E-state index in [2.05, 4.69) is 20.5 Å². The first-order valence-corrected chi connectivity index (χ1v) is 8.91. The standard InChI is InChI=1S/C21H16ClN5O/c22-16-6-4-13(5-7-16)21(28)26-19-9-8-17(20(23)25-19)14-2-1-3-15(12-14)18-10-11-24-27-18/h1-12H,(H,24,27)(H3,23,25,26,28). The van der Waals surface area contributed by atoms with Crippen LogP contribution in [0.2, 0.25) is 5.02 Å². The largest absolute Gasteiger partial charge is 0.383 e. The van der Waals surface area contributed by atoms with Crippen molar-refractivity contribution in [3.63, 3.8) is 0 Å². The van der Waals surface area contributed by atoms with Crippen LogP contribution in [0.15, 0.2) is 72.9 Å². The molecule has 0 aliphatic rings. The van der Waals surface area contributed by atoms with Crippen LogP contribution in [0.5, 0.6) is 0 Å². The third-order valence-electron chi connectivity index (χ3n) is 4.26. The lowest BCUT2D eigenvalue weighted by molar-refractivity contribution is 0.102. The zero-order valence-corrected chi connectivity index (χ0v) is 15.4. The second-order valence-electron chi connectivity index (χ2n) is 6.14. The number of pyridine rings is 1. The van der Waals surface area contributed by atoms with E-state index in [-0.39, 0.29) is 5.91 Å². The monoisotopic (exact) mass is 389 g/mol. The van der Waals surface area contributed by atoms with Crippen LogP contribution in [0.4, 0.5) is 11.6 Å². The highest BCUT2D eigenvalue weighted by atomic mass is 35.5. The van der Waals surface area contributed by atoms with E-state index in [9.17, 15) is 4.79 Å². The lowest BCUT2D eigenvalue weighted by Crippen LogP contribution is -2.13. The molecular weight excluding hydrogens is 374 g/mol. The summed E-state index contributed by atoms with van der Waals surface area (Å²) in [6.45, 7) is 0. The van der Waals surface area contributed by atoms with Crippen LogP contribution < -0.4 is 11.1 Å². The van der Waals surface area contributed by atoms with Gasteiger partial charge in [-0.25, -0.2) is 4.98 Å². The molecule has 6 nitrogen and oxygen atoms in total. The first-order valence-electron chi connectivity index (χ1n) is 8.54. The summed E-state index contributed by atoms with van der Waals surface area (Å²) >= 11 is 5.85. The number of hydrogen-bond donors (Lipinski definition) is 3. The molecule has 0 aliphatic heterocycles. The van der Waals surface area contributed by atoms with Crippen molar-refractivity contribution in [1.82, 2.24) is 15.2 Å².